The van der Waals surface area contributed by atoms with Crippen LogP contribution in [-0.4, -0.2) is 69.7 Å². The summed E-state index contributed by atoms with van der Waals surface area (Å²) < 4.78 is 5.88. The summed E-state index contributed by atoms with van der Waals surface area (Å²) in [4.78, 5) is 47.8. The average Bonchev–Trinajstić information content (AvgIpc) is 3.15. The summed E-state index contributed by atoms with van der Waals surface area (Å²) in [5.41, 5.74) is 4.70. The predicted octanol–water partition coefficient (Wildman–Crippen LogP) is 5.84. The van der Waals surface area contributed by atoms with E-state index in [-0.39, 0.29) is 11.8 Å². The van der Waals surface area contributed by atoms with Gasteiger partial charge < -0.3 is 25.6 Å². The first-order chi connectivity index (χ1) is 24.5. The molecule has 0 radical (unpaired) electrons. The van der Waals surface area contributed by atoms with Crippen LogP contribution in [0.25, 0.3) is 22.5 Å². The molecule has 2 atom stereocenters. The second-order valence-corrected chi connectivity index (χ2v) is 13.7. The van der Waals surface area contributed by atoms with Crippen molar-refractivity contribution in [3.05, 3.63) is 102 Å². The van der Waals surface area contributed by atoms with Crippen molar-refractivity contribution in [2.75, 3.05) is 19.8 Å². The van der Waals surface area contributed by atoms with Crippen LogP contribution in [-0.2, 0) is 21.4 Å². The monoisotopic (exact) mass is 694 g/mol. The van der Waals surface area contributed by atoms with Crippen molar-refractivity contribution in [2.45, 2.75) is 83.7 Å². The molecular formula is C41H50N4O6. The number of ketones is 1. The van der Waals surface area contributed by atoms with E-state index < -0.39 is 42.9 Å². The molecule has 0 aliphatic carbocycles. The zero-order chi connectivity index (χ0) is 36.8. The van der Waals surface area contributed by atoms with Crippen molar-refractivity contribution in [2.24, 2.45) is 0 Å². The van der Waals surface area contributed by atoms with E-state index in [1.54, 1.807) is 24.5 Å². The Bertz CT molecular complexity index is 1700. The fourth-order valence-electron chi connectivity index (χ4n) is 5.47. The van der Waals surface area contributed by atoms with Gasteiger partial charge in [0.2, 0.25) is 5.91 Å². The molecule has 0 saturated heterocycles. The summed E-state index contributed by atoms with van der Waals surface area (Å²) in [6.45, 7) is 7.62. The van der Waals surface area contributed by atoms with Crippen LogP contribution < -0.4 is 15.4 Å². The fraction of sp³-hybridized carbons (Fsp3) is 0.390. The first kappa shape index (κ1) is 38.9. The van der Waals surface area contributed by atoms with Gasteiger partial charge in [0, 0.05) is 35.5 Å². The third kappa shape index (κ3) is 11.6. The number of rotatable bonds is 18. The number of benzene rings is 3. The molecule has 0 spiro atoms. The number of nitrogens with zero attached hydrogens (tertiary/aromatic N) is 2. The number of unbranched alkanes of at least 4 members (excludes halogenated alkanes) is 4. The van der Waals surface area contributed by atoms with Gasteiger partial charge in [-0.1, -0.05) is 102 Å². The first-order valence-electron chi connectivity index (χ1n) is 17.6. The Morgan fingerprint density at radius 2 is 1.37 bits per heavy atom. The van der Waals surface area contributed by atoms with Gasteiger partial charge in [0.1, 0.15) is 24.4 Å². The Labute approximate surface area is 300 Å². The molecule has 10 nitrogen and oxygen atoms in total. The van der Waals surface area contributed by atoms with E-state index in [0.29, 0.717) is 18.0 Å². The number of hydrogen-bond donors (Lipinski definition) is 4. The molecule has 270 valence electrons. The third-order valence-corrected chi connectivity index (χ3v) is 8.69. The number of hydrogen-bond acceptors (Lipinski definition) is 8. The van der Waals surface area contributed by atoms with Crippen molar-refractivity contribution < 1.29 is 29.3 Å². The van der Waals surface area contributed by atoms with E-state index in [4.69, 9.17) is 4.74 Å². The summed E-state index contributed by atoms with van der Waals surface area (Å²) in [5, 5.41) is 24.1. The van der Waals surface area contributed by atoms with Gasteiger partial charge in [0.25, 0.3) is 5.91 Å². The van der Waals surface area contributed by atoms with Crippen molar-refractivity contribution in [3.63, 3.8) is 0 Å². The minimum Gasteiger partial charge on any atom is -0.494 e. The molecule has 0 aliphatic rings. The quantitative estimate of drug-likeness (QED) is 0.0950. The molecule has 4 N–H and O–H groups in total. The maximum absolute atomic E-state index is 13.3. The molecule has 0 saturated carbocycles. The minimum absolute atomic E-state index is 0.0933. The molecule has 0 fully saturated rings. The van der Waals surface area contributed by atoms with Gasteiger partial charge >= 0.3 is 0 Å². The number of ether oxygens (including phenoxy) is 1. The molecule has 0 unspecified atom stereocenters. The van der Waals surface area contributed by atoms with Gasteiger partial charge in [-0.3, -0.25) is 14.4 Å². The van der Waals surface area contributed by atoms with Crippen LogP contribution in [0, 0.1) is 0 Å². The first-order valence-corrected chi connectivity index (χ1v) is 17.6. The molecular weight excluding hydrogens is 644 g/mol. The molecule has 51 heavy (non-hydrogen) atoms. The van der Waals surface area contributed by atoms with Gasteiger partial charge in [-0.05, 0) is 52.8 Å². The summed E-state index contributed by atoms with van der Waals surface area (Å²) in [6.07, 6.45) is 9.62. The Kier molecular flexibility index (Phi) is 14.4. The lowest BCUT2D eigenvalue weighted by atomic mass is 9.86. The van der Waals surface area contributed by atoms with Gasteiger partial charge in [-0.2, -0.15) is 0 Å². The normalized spacial score (nSPS) is 12.5. The summed E-state index contributed by atoms with van der Waals surface area (Å²) >= 11 is 0. The Morgan fingerprint density at radius 3 is 1.96 bits per heavy atom. The van der Waals surface area contributed by atoms with E-state index in [9.17, 15) is 24.6 Å². The summed E-state index contributed by atoms with van der Waals surface area (Å²) in [7, 11) is 0. The van der Waals surface area contributed by atoms with E-state index >= 15 is 0 Å². The zero-order valence-corrected chi connectivity index (χ0v) is 30.0. The lowest BCUT2D eigenvalue weighted by Gasteiger charge is -2.22. The van der Waals surface area contributed by atoms with Crippen LogP contribution in [0.4, 0.5) is 0 Å². The topological polar surface area (TPSA) is 151 Å². The van der Waals surface area contributed by atoms with Crippen LogP contribution in [0.1, 0.15) is 81.3 Å². The van der Waals surface area contributed by atoms with Gasteiger partial charge in [-0.25, -0.2) is 9.97 Å². The second kappa shape index (κ2) is 18.9. The second-order valence-electron chi connectivity index (χ2n) is 13.7. The molecule has 0 aliphatic heterocycles. The average molecular weight is 695 g/mol. The van der Waals surface area contributed by atoms with Gasteiger partial charge in [0.15, 0.2) is 11.6 Å². The number of aromatic nitrogens is 2. The molecule has 1 heterocycles. The van der Waals surface area contributed by atoms with Gasteiger partial charge in [-0.15, -0.1) is 0 Å². The van der Waals surface area contributed by atoms with Gasteiger partial charge in [0.05, 0.1) is 13.2 Å². The highest BCUT2D eigenvalue weighted by atomic mass is 16.5. The van der Waals surface area contributed by atoms with E-state index in [0.717, 1.165) is 40.0 Å². The Hall–Kier alpha value is -4.93. The van der Waals surface area contributed by atoms with E-state index in [1.807, 2.05) is 60.7 Å². The molecule has 2 amide bonds. The standard InChI is InChI=1S/C41H50N4O6/c1-5-6-7-8-9-22-51-34-20-16-29(17-21-34)32-24-42-38(43-25-32)30-12-10-28(11-13-30)23-35(40(50)45-36(26-46)37(48)27-47)44-39(49)31-14-18-33(19-15-31)41(2,3)4/h10-21,24-25,35-36,46-47H,5-9,22-23,26-27H2,1-4H3,(H,44,49)(H,45,50)/t35-,36-/m0/s1. The number of amides is 2. The lowest BCUT2D eigenvalue weighted by Crippen LogP contribution is -2.54. The van der Waals surface area contributed by atoms with Crippen LogP contribution in [0.5, 0.6) is 5.75 Å². The summed E-state index contributed by atoms with van der Waals surface area (Å²) in [5.74, 6) is -0.496. The third-order valence-electron chi connectivity index (χ3n) is 8.69. The molecule has 4 aromatic rings. The predicted molar refractivity (Wildman–Crippen MR) is 198 cm³/mol. The highest BCUT2D eigenvalue weighted by molar-refractivity contribution is 5.98. The van der Waals surface area contributed by atoms with Crippen LogP contribution >= 0.6 is 0 Å². The molecule has 0 bridgehead atoms. The van der Waals surface area contributed by atoms with Crippen LogP contribution in [0.3, 0.4) is 0 Å². The Balaban J connectivity index is 1.42. The van der Waals surface area contributed by atoms with E-state index in [1.165, 1.54) is 25.7 Å². The molecule has 4 rings (SSSR count). The van der Waals surface area contributed by atoms with Crippen LogP contribution in [0.2, 0.25) is 0 Å². The number of carbonyl (C=O) groups excluding carboxylic acids is 3. The maximum Gasteiger partial charge on any atom is 0.251 e. The number of aliphatic hydroxyl groups is 2. The zero-order valence-electron chi connectivity index (χ0n) is 30.0. The number of carbonyl (C=O) groups is 3. The highest BCUT2D eigenvalue weighted by Gasteiger charge is 2.27. The number of aliphatic hydroxyl groups excluding tert-OH is 2. The SMILES string of the molecule is CCCCCCCOc1ccc(-c2cnc(-c3ccc(C[C@H](NC(=O)c4ccc(C(C)(C)C)cc4)C(=O)N[C@@H](CO)C(=O)CO)cc3)nc2)cc1. The lowest BCUT2D eigenvalue weighted by molar-refractivity contribution is -0.131. The largest absolute Gasteiger partial charge is 0.494 e. The fourth-order valence-corrected chi connectivity index (χ4v) is 5.47. The molecule has 3 aromatic carbocycles. The van der Waals surface area contributed by atoms with Crippen molar-refractivity contribution in [1.29, 1.82) is 0 Å². The summed E-state index contributed by atoms with van der Waals surface area (Å²) in [6, 6.07) is 20.0. The van der Waals surface area contributed by atoms with Crippen molar-refractivity contribution >= 4 is 17.6 Å². The Morgan fingerprint density at radius 1 is 0.745 bits per heavy atom. The van der Waals surface area contributed by atoms with Crippen molar-refractivity contribution in [3.8, 4) is 28.3 Å². The molecule has 10 heteroatoms. The maximum atomic E-state index is 13.3. The van der Waals surface area contributed by atoms with Crippen molar-refractivity contribution in [1.82, 2.24) is 20.6 Å². The van der Waals surface area contributed by atoms with E-state index in [2.05, 4.69) is 48.3 Å². The molecule has 1 aromatic heterocycles. The highest BCUT2D eigenvalue weighted by Crippen LogP contribution is 2.24. The van der Waals surface area contributed by atoms with Crippen LogP contribution in [0.15, 0.2) is 85.2 Å². The number of nitrogens with one attached hydrogen (secondary N) is 2. The minimum atomic E-state index is -1.30. The number of Topliss-reactive ketones (excluding diaryl/α,β-unsaturated/α-hetero) is 1. The smallest absolute Gasteiger partial charge is 0.251 e.